The molecule has 6 nitrogen and oxygen atoms in total. The van der Waals surface area contributed by atoms with Crippen molar-refractivity contribution in [1.82, 2.24) is 0 Å². The number of nitrogens with one attached hydrogen (secondary N) is 2. The van der Waals surface area contributed by atoms with Crippen LogP contribution in [0.3, 0.4) is 0 Å². The molecule has 0 aliphatic carbocycles. The van der Waals surface area contributed by atoms with Crippen LogP contribution < -0.4 is 20.1 Å². The summed E-state index contributed by atoms with van der Waals surface area (Å²) in [6.45, 7) is 0.821. The highest BCUT2D eigenvalue weighted by molar-refractivity contribution is 5.71. The van der Waals surface area contributed by atoms with Crippen molar-refractivity contribution in [1.29, 1.82) is 0 Å². The molecule has 4 aromatic rings. The van der Waals surface area contributed by atoms with Gasteiger partial charge in [-0.3, -0.25) is 9.59 Å². The molecule has 2 N–H and O–H groups in total. The number of rotatable bonds is 9. The van der Waals surface area contributed by atoms with E-state index in [0.717, 1.165) is 33.9 Å². The number of ether oxygens (including phenoxy) is 2. The van der Waals surface area contributed by atoms with Gasteiger partial charge in [0.2, 0.25) is 0 Å². The summed E-state index contributed by atoms with van der Waals surface area (Å²) < 4.78 is 9.76. The quantitative estimate of drug-likeness (QED) is 0.325. The van der Waals surface area contributed by atoms with Gasteiger partial charge in [0, 0.05) is 34.9 Å². The van der Waals surface area contributed by atoms with Crippen molar-refractivity contribution in [3.05, 3.63) is 97.1 Å². The van der Waals surface area contributed by atoms with E-state index < -0.39 is 0 Å². The summed E-state index contributed by atoms with van der Waals surface area (Å²) in [5, 5.41) is 6.59. The van der Waals surface area contributed by atoms with Crippen LogP contribution in [0.4, 0.5) is 22.7 Å². The molecular formula is C26H20N2O4. The topological polar surface area (TPSA) is 76.7 Å². The van der Waals surface area contributed by atoms with Gasteiger partial charge in [0.1, 0.15) is 11.5 Å². The molecule has 0 bridgehead atoms. The second-order valence-corrected chi connectivity index (χ2v) is 6.89. The lowest BCUT2D eigenvalue weighted by Crippen LogP contribution is -1.93. The minimum atomic E-state index is 0.411. The van der Waals surface area contributed by atoms with Gasteiger partial charge in [-0.15, -0.1) is 0 Å². The summed E-state index contributed by atoms with van der Waals surface area (Å²) in [6.07, 6.45) is 0. The second kappa shape index (κ2) is 9.95. The zero-order chi connectivity index (χ0) is 22.2. The molecule has 4 aromatic carbocycles. The Morgan fingerprint density at radius 2 is 0.906 bits per heavy atom. The molecule has 6 heteroatoms. The zero-order valence-corrected chi connectivity index (χ0v) is 17.0. The Hall–Kier alpha value is -4.58. The molecule has 0 fully saturated rings. The third-order valence-corrected chi connectivity index (χ3v) is 4.72. The SMILES string of the molecule is O=COc1cccc(Nc2ccc(-c3ccc(Nc4cccc(OC=O)c4)cc3)cc2)c1. The fourth-order valence-corrected chi connectivity index (χ4v) is 3.23. The number of hydrogen-bond donors (Lipinski definition) is 2. The number of carbonyl (C=O) groups is 2. The fourth-order valence-electron chi connectivity index (χ4n) is 3.23. The average molecular weight is 424 g/mol. The van der Waals surface area contributed by atoms with E-state index in [9.17, 15) is 9.59 Å². The third kappa shape index (κ3) is 5.31. The summed E-state index contributed by atoms with van der Waals surface area (Å²) in [5.74, 6) is 0.969. The van der Waals surface area contributed by atoms with Crippen LogP contribution in [0.25, 0.3) is 11.1 Å². The van der Waals surface area contributed by atoms with Crippen molar-refractivity contribution < 1.29 is 19.1 Å². The Kier molecular flexibility index (Phi) is 6.43. The van der Waals surface area contributed by atoms with Crippen LogP contribution in [0.5, 0.6) is 11.5 Å². The minimum Gasteiger partial charge on any atom is -0.429 e. The van der Waals surface area contributed by atoms with Gasteiger partial charge in [0.15, 0.2) is 0 Å². The highest BCUT2D eigenvalue weighted by Crippen LogP contribution is 2.27. The van der Waals surface area contributed by atoms with E-state index in [4.69, 9.17) is 9.47 Å². The van der Waals surface area contributed by atoms with Crippen LogP contribution in [-0.4, -0.2) is 12.9 Å². The largest absolute Gasteiger partial charge is 0.429 e. The Balaban J connectivity index is 1.42. The predicted molar refractivity (Wildman–Crippen MR) is 125 cm³/mol. The molecule has 0 saturated carbocycles. The average Bonchev–Trinajstić information content (AvgIpc) is 2.81. The summed E-state index contributed by atoms with van der Waals surface area (Å²) in [4.78, 5) is 21.0. The van der Waals surface area contributed by atoms with Crippen molar-refractivity contribution in [2.45, 2.75) is 0 Å². The van der Waals surface area contributed by atoms with E-state index in [0.29, 0.717) is 24.4 Å². The number of hydrogen-bond acceptors (Lipinski definition) is 6. The summed E-state index contributed by atoms with van der Waals surface area (Å²) >= 11 is 0. The van der Waals surface area contributed by atoms with Gasteiger partial charge >= 0.3 is 0 Å². The molecule has 0 saturated heterocycles. The molecule has 32 heavy (non-hydrogen) atoms. The molecule has 0 heterocycles. The molecule has 0 radical (unpaired) electrons. The van der Waals surface area contributed by atoms with Crippen LogP contribution in [-0.2, 0) is 9.59 Å². The van der Waals surface area contributed by atoms with Crippen LogP contribution in [0.1, 0.15) is 0 Å². The summed E-state index contributed by atoms with van der Waals surface area (Å²) in [5.41, 5.74) is 5.67. The molecule has 4 rings (SSSR count). The van der Waals surface area contributed by atoms with E-state index in [1.165, 1.54) is 0 Å². The van der Waals surface area contributed by atoms with E-state index in [2.05, 4.69) is 10.6 Å². The van der Waals surface area contributed by atoms with Gasteiger partial charge in [-0.2, -0.15) is 0 Å². The maximum Gasteiger partial charge on any atom is 0.298 e. The van der Waals surface area contributed by atoms with Gasteiger partial charge in [-0.25, -0.2) is 0 Å². The van der Waals surface area contributed by atoms with Crippen molar-refractivity contribution in [3.8, 4) is 22.6 Å². The van der Waals surface area contributed by atoms with Crippen molar-refractivity contribution in [2.24, 2.45) is 0 Å². The monoisotopic (exact) mass is 424 g/mol. The van der Waals surface area contributed by atoms with Gasteiger partial charge in [0.25, 0.3) is 12.9 Å². The maximum absolute atomic E-state index is 10.5. The normalized spacial score (nSPS) is 10.1. The van der Waals surface area contributed by atoms with Gasteiger partial charge < -0.3 is 20.1 Å². The van der Waals surface area contributed by atoms with E-state index in [-0.39, 0.29) is 0 Å². The molecule has 158 valence electrons. The van der Waals surface area contributed by atoms with Crippen LogP contribution in [0, 0.1) is 0 Å². The molecule has 0 amide bonds. The Bertz CT molecular complexity index is 1110. The van der Waals surface area contributed by atoms with E-state index in [1.54, 1.807) is 24.3 Å². The number of benzene rings is 4. The van der Waals surface area contributed by atoms with Crippen LogP contribution >= 0.6 is 0 Å². The van der Waals surface area contributed by atoms with Crippen molar-refractivity contribution in [2.75, 3.05) is 10.6 Å². The number of carbonyl (C=O) groups excluding carboxylic acids is 2. The first-order chi connectivity index (χ1) is 15.7. The van der Waals surface area contributed by atoms with E-state index >= 15 is 0 Å². The molecule has 0 spiro atoms. The lowest BCUT2D eigenvalue weighted by Gasteiger charge is -2.10. The lowest BCUT2D eigenvalue weighted by atomic mass is 10.0. The number of anilines is 4. The minimum absolute atomic E-state index is 0.411. The molecule has 0 aromatic heterocycles. The Morgan fingerprint density at radius 1 is 0.500 bits per heavy atom. The van der Waals surface area contributed by atoms with Crippen LogP contribution in [0.15, 0.2) is 97.1 Å². The summed E-state index contributed by atoms with van der Waals surface area (Å²) in [6, 6.07) is 30.5. The molecule has 0 aliphatic heterocycles. The third-order valence-electron chi connectivity index (χ3n) is 4.72. The first kappa shape index (κ1) is 20.7. The molecule has 0 unspecified atom stereocenters. The Morgan fingerprint density at radius 3 is 1.28 bits per heavy atom. The molecular weight excluding hydrogens is 404 g/mol. The highest BCUT2D eigenvalue weighted by atomic mass is 16.5. The maximum atomic E-state index is 10.5. The lowest BCUT2D eigenvalue weighted by molar-refractivity contribution is -0.121. The fraction of sp³-hybridized carbons (Fsp3) is 0. The first-order valence-corrected chi connectivity index (χ1v) is 9.89. The second-order valence-electron chi connectivity index (χ2n) is 6.89. The van der Waals surface area contributed by atoms with Crippen molar-refractivity contribution >= 4 is 35.7 Å². The molecule has 0 atom stereocenters. The molecule has 0 aliphatic rings. The Labute approximate surface area is 185 Å². The standard InChI is InChI=1S/C26H20N2O4/c29-17-31-25-5-1-3-23(15-25)27-21-11-7-19(8-12-21)20-9-13-22(14-10-20)28-24-4-2-6-26(16-24)32-18-30/h1-18,27-28H. The zero-order valence-electron chi connectivity index (χ0n) is 17.0. The first-order valence-electron chi connectivity index (χ1n) is 9.89. The smallest absolute Gasteiger partial charge is 0.298 e. The van der Waals surface area contributed by atoms with E-state index in [1.807, 2.05) is 72.8 Å². The van der Waals surface area contributed by atoms with Crippen LogP contribution in [0.2, 0.25) is 0 Å². The summed E-state index contributed by atoms with van der Waals surface area (Å²) in [7, 11) is 0. The highest BCUT2D eigenvalue weighted by Gasteiger charge is 2.02. The predicted octanol–water partition coefficient (Wildman–Crippen LogP) is 5.91. The van der Waals surface area contributed by atoms with Gasteiger partial charge in [0.05, 0.1) is 0 Å². The van der Waals surface area contributed by atoms with Gasteiger partial charge in [-0.1, -0.05) is 36.4 Å². The van der Waals surface area contributed by atoms with Crippen molar-refractivity contribution in [3.63, 3.8) is 0 Å². The van der Waals surface area contributed by atoms with Gasteiger partial charge in [-0.05, 0) is 59.7 Å².